The number of benzene rings is 2. The second-order valence-electron chi connectivity index (χ2n) is 6.44. The Labute approximate surface area is 162 Å². The zero-order chi connectivity index (χ0) is 17.6. The van der Waals surface area contributed by atoms with E-state index in [9.17, 15) is 9.90 Å². The quantitative estimate of drug-likeness (QED) is 0.682. The molecule has 2 N–H and O–H groups in total. The van der Waals surface area contributed by atoms with E-state index < -0.39 is 6.10 Å². The highest BCUT2D eigenvalue weighted by atomic mass is 127. The van der Waals surface area contributed by atoms with Crippen LogP contribution in [0.1, 0.15) is 30.9 Å². The molecule has 2 aromatic rings. The molecule has 1 aliphatic heterocycles. The monoisotopic (exact) mass is 450 g/mol. The Morgan fingerprint density at radius 2 is 1.88 bits per heavy atom. The molecule has 0 bridgehead atoms. The van der Waals surface area contributed by atoms with Gasteiger partial charge in [0, 0.05) is 15.3 Å². The summed E-state index contributed by atoms with van der Waals surface area (Å²) in [6.45, 7) is 1.15. The summed E-state index contributed by atoms with van der Waals surface area (Å²) in [5.74, 6) is -0.0339. The minimum Gasteiger partial charge on any atom is -0.387 e. The largest absolute Gasteiger partial charge is 0.387 e. The van der Waals surface area contributed by atoms with Gasteiger partial charge in [0.25, 0.3) is 0 Å². The molecule has 2 aromatic carbocycles. The molecule has 5 heteroatoms. The van der Waals surface area contributed by atoms with Crippen molar-refractivity contribution in [3.8, 4) is 0 Å². The number of halogens is 1. The van der Waals surface area contributed by atoms with Crippen molar-refractivity contribution in [1.29, 1.82) is 0 Å². The SMILES string of the molecule is O=C(CN1CCCCC1C(O)c1ccccc1)Nc1ccc(I)cc1. The lowest BCUT2D eigenvalue weighted by molar-refractivity contribution is -0.119. The Bertz CT molecular complexity index is 691. The topological polar surface area (TPSA) is 52.6 Å². The van der Waals surface area contributed by atoms with E-state index in [0.717, 1.165) is 40.6 Å². The third-order valence-corrected chi connectivity index (χ3v) is 5.36. The number of piperidine rings is 1. The van der Waals surface area contributed by atoms with Crippen LogP contribution >= 0.6 is 22.6 Å². The van der Waals surface area contributed by atoms with Crippen molar-refractivity contribution < 1.29 is 9.90 Å². The number of nitrogens with zero attached hydrogens (tertiary/aromatic N) is 1. The Hall–Kier alpha value is -1.44. The second kappa shape index (κ2) is 8.78. The summed E-state index contributed by atoms with van der Waals surface area (Å²) >= 11 is 2.24. The number of rotatable bonds is 5. The first-order valence-corrected chi connectivity index (χ1v) is 9.74. The van der Waals surface area contributed by atoms with E-state index in [1.807, 2.05) is 54.6 Å². The molecule has 0 spiro atoms. The Morgan fingerprint density at radius 1 is 1.16 bits per heavy atom. The van der Waals surface area contributed by atoms with E-state index >= 15 is 0 Å². The van der Waals surface area contributed by atoms with Crippen LogP contribution in [0, 0.1) is 3.57 Å². The smallest absolute Gasteiger partial charge is 0.238 e. The Morgan fingerprint density at radius 3 is 2.60 bits per heavy atom. The Balaban J connectivity index is 1.64. The molecule has 0 aliphatic carbocycles. The van der Waals surface area contributed by atoms with Crippen molar-refractivity contribution in [2.24, 2.45) is 0 Å². The lowest BCUT2D eigenvalue weighted by Gasteiger charge is -2.38. The van der Waals surface area contributed by atoms with Gasteiger partial charge in [-0.25, -0.2) is 0 Å². The molecule has 132 valence electrons. The predicted molar refractivity (Wildman–Crippen MR) is 108 cm³/mol. The summed E-state index contributed by atoms with van der Waals surface area (Å²) in [7, 11) is 0. The average Bonchev–Trinajstić information content (AvgIpc) is 2.64. The highest BCUT2D eigenvalue weighted by Crippen LogP contribution is 2.28. The second-order valence-corrected chi connectivity index (χ2v) is 7.69. The minimum absolute atomic E-state index is 0.0152. The molecule has 1 heterocycles. The van der Waals surface area contributed by atoms with Gasteiger partial charge in [0.15, 0.2) is 0 Å². The number of amides is 1. The van der Waals surface area contributed by atoms with Crippen molar-refractivity contribution >= 4 is 34.2 Å². The molecule has 3 rings (SSSR count). The highest BCUT2D eigenvalue weighted by Gasteiger charge is 2.30. The lowest BCUT2D eigenvalue weighted by atomic mass is 9.93. The van der Waals surface area contributed by atoms with Gasteiger partial charge in [-0.2, -0.15) is 0 Å². The predicted octanol–water partition coefficient (Wildman–Crippen LogP) is 3.82. The number of anilines is 1. The molecule has 1 saturated heterocycles. The molecule has 0 saturated carbocycles. The van der Waals surface area contributed by atoms with Gasteiger partial charge in [-0.05, 0) is 71.8 Å². The molecule has 0 aromatic heterocycles. The van der Waals surface area contributed by atoms with Crippen LogP contribution in [0.3, 0.4) is 0 Å². The van der Waals surface area contributed by atoms with Crippen molar-refractivity contribution in [3.05, 3.63) is 63.7 Å². The molecular formula is C20H23IN2O2. The van der Waals surface area contributed by atoms with Crippen LogP contribution in [0.15, 0.2) is 54.6 Å². The maximum atomic E-state index is 12.4. The molecule has 2 atom stereocenters. The number of carbonyl (C=O) groups is 1. The van der Waals surface area contributed by atoms with Crippen LogP contribution in [-0.2, 0) is 4.79 Å². The molecular weight excluding hydrogens is 427 g/mol. The van der Waals surface area contributed by atoms with E-state index in [0.29, 0.717) is 6.54 Å². The van der Waals surface area contributed by atoms with Gasteiger partial charge < -0.3 is 10.4 Å². The average molecular weight is 450 g/mol. The van der Waals surface area contributed by atoms with Gasteiger partial charge >= 0.3 is 0 Å². The summed E-state index contributed by atoms with van der Waals surface area (Å²) in [6, 6.07) is 17.5. The van der Waals surface area contributed by atoms with Gasteiger partial charge in [0.2, 0.25) is 5.91 Å². The number of hydrogen-bond donors (Lipinski definition) is 2. The van der Waals surface area contributed by atoms with E-state index in [2.05, 4.69) is 32.8 Å². The molecule has 1 fully saturated rings. The number of likely N-dealkylation sites (tertiary alicyclic amines) is 1. The highest BCUT2D eigenvalue weighted by molar-refractivity contribution is 14.1. The van der Waals surface area contributed by atoms with E-state index in [4.69, 9.17) is 0 Å². The van der Waals surface area contributed by atoms with Crippen LogP contribution in [0.4, 0.5) is 5.69 Å². The fraction of sp³-hybridized carbons (Fsp3) is 0.350. The standard InChI is InChI=1S/C20H23IN2O2/c21-16-9-11-17(12-10-16)22-19(24)14-23-13-5-4-8-18(23)20(25)15-6-2-1-3-7-15/h1-3,6-7,9-12,18,20,25H,4-5,8,13-14H2,(H,22,24). The van der Waals surface area contributed by atoms with E-state index in [1.54, 1.807) is 0 Å². The summed E-state index contributed by atoms with van der Waals surface area (Å²) in [6.07, 6.45) is 2.50. The van der Waals surface area contributed by atoms with E-state index in [-0.39, 0.29) is 11.9 Å². The van der Waals surface area contributed by atoms with Gasteiger partial charge in [-0.3, -0.25) is 9.69 Å². The third-order valence-electron chi connectivity index (χ3n) is 4.64. The number of hydrogen-bond acceptors (Lipinski definition) is 3. The lowest BCUT2D eigenvalue weighted by Crippen LogP contribution is -2.46. The number of carbonyl (C=O) groups excluding carboxylic acids is 1. The third kappa shape index (κ3) is 5.03. The summed E-state index contributed by atoms with van der Waals surface area (Å²) in [4.78, 5) is 14.5. The number of aliphatic hydroxyl groups is 1. The van der Waals surface area contributed by atoms with Gasteiger partial charge in [0.05, 0.1) is 12.6 Å². The zero-order valence-electron chi connectivity index (χ0n) is 14.1. The molecule has 25 heavy (non-hydrogen) atoms. The molecule has 4 nitrogen and oxygen atoms in total. The molecule has 2 unspecified atom stereocenters. The minimum atomic E-state index is -0.562. The number of aliphatic hydroxyl groups excluding tert-OH is 1. The molecule has 0 radical (unpaired) electrons. The van der Waals surface area contributed by atoms with Crippen LogP contribution in [0.2, 0.25) is 0 Å². The molecule has 1 aliphatic rings. The van der Waals surface area contributed by atoms with Crippen LogP contribution in [-0.4, -0.2) is 35.0 Å². The van der Waals surface area contributed by atoms with E-state index in [1.165, 1.54) is 0 Å². The van der Waals surface area contributed by atoms with Gasteiger partial charge in [-0.1, -0.05) is 36.8 Å². The van der Waals surface area contributed by atoms with Crippen molar-refractivity contribution in [1.82, 2.24) is 4.90 Å². The maximum Gasteiger partial charge on any atom is 0.238 e. The van der Waals surface area contributed by atoms with Gasteiger partial charge in [0.1, 0.15) is 0 Å². The first-order chi connectivity index (χ1) is 12.1. The first-order valence-electron chi connectivity index (χ1n) is 8.66. The summed E-state index contributed by atoms with van der Waals surface area (Å²) in [5.41, 5.74) is 1.72. The van der Waals surface area contributed by atoms with Crippen LogP contribution in [0.5, 0.6) is 0 Å². The normalized spacial score (nSPS) is 19.4. The van der Waals surface area contributed by atoms with Crippen molar-refractivity contribution in [2.45, 2.75) is 31.4 Å². The van der Waals surface area contributed by atoms with Crippen LogP contribution < -0.4 is 5.32 Å². The maximum absolute atomic E-state index is 12.4. The fourth-order valence-electron chi connectivity index (χ4n) is 3.36. The fourth-order valence-corrected chi connectivity index (χ4v) is 3.72. The zero-order valence-corrected chi connectivity index (χ0v) is 16.2. The molecule has 1 amide bonds. The first kappa shape index (κ1) is 18.4. The summed E-state index contributed by atoms with van der Waals surface area (Å²) in [5, 5.41) is 13.7. The van der Waals surface area contributed by atoms with Crippen molar-refractivity contribution in [2.75, 3.05) is 18.4 Å². The number of nitrogens with one attached hydrogen (secondary N) is 1. The van der Waals surface area contributed by atoms with Crippen LogP contribution in [0.25, 0.3) is 0 Å². The summed E-state index contributed by atoms with van der Waals surface area (Å²) < 4.78 is 1.14. The Kier molecular flexibility index (Phi) is 6.45. The van der Waals surface area contributed by atoms with Crippen molar-refractivity contribution in [3.63, 3.8) is 0 Å². The van der Waals surface area contributed by atoms with Gasteiger partial charge in [-0.15, -0.1) is 0 Å².